The lowest BCUT2D eigenvalue weighted by Gasteiger charge is -2.09. The smallest absolute Gasteiger partial charge is 0.270 e. The van der Waals surface area contributed by atoms with Gasteiger partial charge in [-0.05, 0) is 41.5 Å². The zero-order chi connectivity index (χ0) is 22.2. The van der Waals surface area contributed by atoms with E-state index in [0.29, 0.717) is 22.6 Å². The molecule has 3 aromatic carbocycles. The summed E-state index contributed by atoms with van der Waals surface area (Å²) < 4.78 is 5.48. The standard InChI is InChI=1S/C23H16ClN3O4/c24-21-12-16(11-18(14-25)17-5-4-8-20(13-17)27(29)30)9-10-22(21)31-15-23(28)26-19-6-2-1-3-7-19/h1-13H,15H2,(H,26,28). The van der Waals surface area contributed by atoms with Gasteiger partial charge < -0.3 is 10.1 Å². The van der Waals surface area contributed by atoms with Crippen LogP contribution in [0.1, 0.15) is 11.1 Å². The summed E-state index contributed by atoms with van der Waals surface area (Å²) in [6.07, 6.45) is 1.57. The molecule has 31 heavy (non-hydrogen) atoms. The predicted molar refractivity (Wildman–Crippen MR) is 119 cm³/mol. The number of nitrogens with zero attached hydrogens (tertiary/aromatic N) is 2. The highest BCUT2D eigenvalue weighted by Crippen LogP contribution is 2.28. The number of nitro groups is 1. The van der Waals surface area contributed by atoms with Gasteiger partial charge in [-0.1, -0.05) is 48.0 Å². The van der Waals surface area contributed by atoms with E-state index in [0.717, 1.165) is 0 Å². The lowest BCUT2D eigenvalue weighted by atomic mass is 10.0. The Labute approximate surface area is 183 Å². The van der Waals surface area contributed by atoms with E-state index in [2.05, 4.69) is 5.32 Å². The van der Waals surface area contributed by atoms with Gasteiger partial charge in [0.25, 0.3) is 11.6 Å². The normalized spacial score (nSPS) is 10.8. The van der Waals surface area contributed by atoms with Crippen LogP contribution in [0.3, 0.4) is 0 Å². The van der Waals surface area contributed by atoms with Gasteiger partial charge in [-0.15, -0.1) is 0 Å². The Morgan fingerprint density at radius 1 is 1.13 bits per heavy atom. The highest BCUT2D eigenvalue weighted by molar-refractivity contribution is 6.32. The van der Waals surface area contributed by atoms with Crippen molar-refractivity contribution in [1.29, 1.82) is 5.26 Å². The first-order valence-corrected chi connectivity index (χ1v) is 9.48. The Balaban J connectivity index is 1.71. The number of nitrogens with one attached hydrogen (secondary N) is 1. The zero-order valence-electron chi connectivity index (χ0n) is 16.1. The molecule has 3 aromatic rings. The van der Waals surface area contributed by atoms with E-state index in [1.807, 2.05) is 24.3 Å². The third-order valence-electron chi connectivity index (χ3n) is 4.17. The molecule has 0 heterocycles. The van der Waals surface area contributed by atoms with Gasteiger partial charge in [-0.3, -0.25) is 14.9 Å². The maximum atomic E-state index is 12.0. The van der Waals surface area contributed by atoms with E-state index >= 15 is 0 Å². The first kappa shape index (κ1) is 21.6. The van der Waals surface area contributed by atoms with Gasteiger partial charge in [0.1, 0.15) is 5.75 Å². The van der Waals surface area contributed by atoms with E-state index in [4.69, 9.17) is 16.3 Å². The SMILES string of the molecule is N#CC(=Cc1ccc(OCC(=O)Nc2ccccc2)c(Cl)c1)c1cccc([N+](=O)[O-])c1. The van der Waals surface area contributed by atoms with Gasteiger partial charge in [0.05, 0.1) is 21.6 Å². The molecule has 0 aliphatic rings. The maximum absolute atomic E-state index is 12.0. The second kappa shape index (κ2) is 10.1. The number of halogens is 1. The van der Waals surface area contributed by atoms with Crippen LogP contribution in [0.15, 0.2) is 72.8 Å². The molecule has 0 aliphatic heterocycles. The van der Waals surface area contributed by atoms with Gasteiger partial charge >= 0.3 is 0 Å². The first-order chi connectivity index (χ1) is 15.0. The molecule has 0 fully saturated rings. The molecular weight excluding hydrogens is 418 g/mol. The summed E-state index contributed by atoms with van der Waals surface area (Å²) in [4.78, 5) is 22.4. The molecule has 0 bridgehead atoms. The van der Waals surface area contributed by atoms with Crippen molar-refractivity contribution in [2.75, 3.05) is 11.9 Å². The summed E-state index contributed by atoms with van der Waals surface area (Å²) in [7, 11) is 0. The largest absolute Gasteiger partial charge is 0.482 e. The van der Waals surface area contributed by atoms with Crippen molar-refractivity contribution < 1.29 is 14.5 Å². The number of anilines is 1. The topological polar surface area (TPSA) is 105 Å². The van der Waals surface area contributed by atoms with Crippen LogP contribution in [-0.2, 0) is 4.79 Å². The molecule has 0 saturated heterocycles. The van der Waals surface area contributed by atoms with Gasteiger partial charge in [-0.25, -0.2) is 0 Å². The number of rotatable bonds is 7. The molecule has 3 rings (SSSR count). The summed E-state index contributed by atoms with van der Waals surface area (Å²) in [6.45, 7) is -0.221. The summed E-state index contributed by atoms with van der Waals surface area (Å²) in [5.74, 6) is -0.0143. The van der Waals surface area contributed by atoms with Crippen LogP contribution in [0.5, 0.6) is 5.75 Å². The van der Waals surface area contributed by atoms with E-state index < -0.39 is 4.92 Å². The van der Waals surface area contributed by atoms with Crippen LogP contribution in [0, 0.1) is 21.4 Å². The number of amides is 1. The quantitative estimate of drug-likeness (QED) is 0.234. The van der Waals surface area contributed by atoms with Crippen LogP contribution in [0.25, 0.3) is 11.6 Å². The molecule has 7 nitrogen and oxygen atoms in total. The number of carbonyl (C=O) groups is 1. The van der Waals surface area contributed by atoms with Crippen LogP contribution in [0.2, 0.25) is 5.02 Å². The molecule has 0 aliphatic carbocycles. The first-order valence-electron chi connectivity index (χ1n) is 9.10. The van der Waals surface area contributed by atoms with Crippen molar-refractivity contribution in [1.82, 2.24) is 0 Å². The Kier molecular flexibility index (Phi) is 6.99. The third-order valence-corrected chi connectivity index (χ3v) is 4.47. The minimum Gasteiger partial charge on any atom is -0.482 e. The second-order valence-corrected chi connectivity index (χ2v) is 6.78. The minimum absolute atomic E-state index is 0.103. The number of nitriles is 1. The summed E-state index contributed by atoms with van der Waals surface area (Å²) in [5, 5.41) is 23.4. The lowest BCUT2D eigenvalue weighted by molar-refractivity contribution is -0.384. The van der Waals surface area contributed by atoms with Crippen molar-refractivity contribution in [2.45, 2.75) is 0 Å². The van der Waals surface area contributed by atoms with E-state index in [9.17, 15) is 20.2 Å². The molecule has 154 valence electrons. The zero-order valence-corrected chi connectivity index (χ0v) is 16.9. The monoisotopic (exact) mass is 433 g/mol. The summed E-state index contributed by atoms with van der Waals surface area (Å²) in [5.41, 5.74) is 1.83. The number of hydrogen-bond acceptors (Lipinski definition) is 5. The average Bonchev–Trinajstić information content (AvgIpc) is 2.77. The Morgan fingerprint density at radius 2 is 1.90 bits per heavy atom. The van der Waals surface area contributed by atoms with Crippen LogP contribution in [0.4, 0.5) is 11.4 Å². The van der Waals surface area contributed by atoms with Crippen molar-refractivity contribution in [3.63, 3.8) is 0 Å². The molecule has 8 heteroatoms. The predicted octanol–water partition coefficient (Wildman–Crippen LogP) is 5.33. The Bertz CT molecular complexity index is 1190. The number of hydrogen-bond donors (Lipinski definition) is 1. The lowest BCUT2D eigenvalue weighted by Crippen LogP contribution is -2.20. The fourth-order valence-corrected chi connectivity index (χ4v) is 2.96. The van der Waals surface area contributed by atoms with E-state index in [1.54, 1.807) is 42.5 Å². The molecule has 0 aromatic heterocycles. The number of nitro benzene ring substituents is 1. The van der Waals surface area contributed by atoms with Gasteiger partial charge in [-0.2, -0.15) is 5.26 Å². The van der Waals surface area contributed by atoms with Gasteiger partial charge in [0, 0.05) is 17.8 Å². The summed E-state index contributed by atoms with van der Waals surface area (Å²) in [6, 6.07) is 21.7. The molecule has 1 N–H and O–H groups in total. The fraction of sp³-hybridized carbons (Fsp3) is 0.0435. The van der Waals surface area contributed by atoms with Crippen molar-refractivity contribution in [3.05, 3.63) is 99.1 Å². The minimum atomic E-state index is -0.518. The molecular formula is C23H16ClN3O4. The van der Waals surface area contributed by atoms with Gasteiger partial charge in [0.2, 0.25) is 0 Å². The van der Waals surface area contributed by atoms with Crippen LogP contribution < -0.4 is 10.1 Å². The molecule has 0 saturated carbocycles. The Morgan fingerprint density at radius 3 is 2.58 bits per heavy atom. The average molecular weight is 434 g/mol. The maximum Gasteiger partial charge on any atom is 0.270 e. The van der Waals surface area contributed by atoms with Gasteiger partial charge in [0.15, 0.2) is 6.61 Å². The Hall–Kier alpha value is -4.15. The van der Waals surface area contributed by atoms with Crippen molar-refractivity contribution >= 4 is 40.5 Å². The van der Waals surface area contributed by atoms with E-state index in [-0.39, 0.29) is 28.8 Å². The fourth-order valence-electron chi connectivity index (χ4n) is 2.72. The van der Waals surface area contributed by atoms with E-state index in [1.165, 1.54) is 18.2 Å². The molecule has 0 spiro atoms. The number of carbonyl (C=O) groups excluding carboxylic acids is 1. The number of benzene rings is 3. The molecule has 0 radical (unpaired) electrons. The van der Waals surface area contributed by atoms with Crippen molar-refractivity contribution in [3.8, 4) is 11.8 Å². The van der Waals surface area contributed by atoms with Crippen molar-refractivity contribution in [2.24, 2.45) is 0 Å². The highest BCUT2D eigenvalue weighted by atomic mass is 35.5. The second-order valence-electron chi connectivity index (χ2n) is 6.37. The third kappa shape index (κ3) is 5.92. The number of para-hydroxylation sites is 1. The number of allylic oxidation sites excluding steroid dienone is 1. The number of non-ortho nitro benzene ring substituents is 1. The number of ether oxygens (including phenoxy) is 1. The molecule has 0 unspecified atom stereocenters. The molecule has 1 amide bonds. The van der Waals surface area contributed by atoms with Crippen LogP contribution in [-0.4, -0.2) is 17.4 Å². The van der Waals surface area contributed by atoms with Crippen LogP contribution >= 0.6 is 11.6 Å². The summed E-state index contributed by atoms with van der Waals surface area (Å²) >= 11 is 6.25. The highest BCUT2D eigenvalue weighted by Gasteiger charge is 2.10. The molecule has 0 atom stereocenters.